The van der Waals surface area contributed by atoms with E-state index in [1.807, 2.05) is 6.92 Å². The second-order valence-electron chi connectivity index (χ2n) is 9.10. The van der Waals surface area contributed by atoms with E-state index in [1.54, 1.807) is 37.8 Å². The third kappa shape index (κ3) is 4.00. The van der Waals surface area contributed by atoms with Crippen molar-refractivity contribution in [2.24, 2.45) is 0 Å². The second-order valence-corrected chi connectivity index (χ2v) is 16.2. The fourth-order valence-corrected chi connectivity index (χ4v) is 6.94. The highest BCUT2D eigenvalue weighted by Gasteiger charge is 2.51. The van der Waals surface area contributed by atoms with E-state index in [1.165, 1.54) is 18.2 Å². The molecule has 1 unspecified atom stereocenters. The van der Waals surface area contributed by atoms with Crippen LogP contribution < -0.4 is 0 Å². The molecular weight excluding hydrogens is 495 g/mol. The molecule has 2 aromatic carbocycles. The molecule has 3 aromatic rings. The first kappa shape index (κ1) is 23.7. The minimum Gasteiger partial charge on any atom is -0.404 e. The van der Waals surface area contributed by atoms with Crippen LogP contribution in [-0.2, 0) is 20.9 Å². The van der Waals surface area contributed by atoms with E-state index in [4.69, 9.17) is 27.6 Å². The van der Waals surface area contributed by atoms with Crippen molar-refractivity contribution >= 4 is 52.4 Å². The molecule has 32 heavy (non-hydrogen) atoms. The van der Waals surface area contributed by atoms with Gasteiger partial charge in [0.2, 0.25) is 0 Å². The second kappa shape index (κ2) is 7.80. The van der Waals surface area contributed by atoms with Gasteiger partial charge in [0.25, 0.3) is 15.9 Å². The molecule has 0 N–H and O–H groups in total. The molecule has 0 spiro atoms. The number of hydrogen-bond acceptors (Lipinski definition) is 3. The fourth-order valence-electron chi connectivity index (χ4n) is 4.06. The molecule has 4 rings (SSSR count). The quantitative estimate of drug-likeness (QED) is 0.351. The Morgan fingerprint density at radius 3 is 2.28 bits per heavy atom. The largest absolute Gasteiger partial charge is 0.404 e. The van der Waals surface area contributed by atoms with Crippen LogP contribution in [0.15, 0.2) is 41.3 Å². The van der Waals surface area contributed by atoms with Crippen LogP contribution in [0, 0.1) is 6.92 Å². The highest BCUT2D eigenvalue weighted by atomic mass is 35.5. The zero-order valence-corrected chi connectivity index (χ0v) is 21.4. The van der Waals surface area contributed by atoms with Gasteiger partial charge in [-0.3, -0.25) is 0 Å². The van der Waals surface area contributed by atoms with E-state index in [2.05, 4.69) is 0 Å². The number of aryl methyl sites for hydroxylation is 2. The van der Waals surface area contributed by atoms with E-state index in [0.717, 1.165) is 9.54 Å². The molecule has 1 atom stereocenters. The number of nitrogens with zero attached hydrogens (tertiary/aromatic N) is 1. The summed E-state index contributed by atoms with van der Waals surface area (Å²) >= 11 is 12.5. The zero-order chi connectivity index (χ0) is 23.6. The van der Waals surface area contributed by atoms with Crippen molar-refractivity contribution in [2.45, 2.75) is 56.3 Å². The van der Waals surface area contributed by atoms with E-state index < -0.39 is 36.8 Å². The highest BCUT2D eigenvalue weighted by molar-refractivity contribution is 7.90. The van der Waals surface area contributed by atoms with Gasteiger partial charge >= 0.3 is 0 Å². The van der Waals surface area contributed by atoms with Gasteiger partial charge in [0.1, 0.15) is 0 Å². The maximum atomic E-state index is 15.2. The van der Waals surface area contributed by atoms with Crippen LogP contribution in [0.25, 0.3) is 10.9 Å². The van der Waals surface area contributed by atoms with Gasteiger partial charge < -0.3 is 4.43 Å². The van der Waals surface area contributed by atoms with Crippen molar-refractivity contribution in [3.63, 3.8) is 0 Å². The molecule has 4 nitrogen and oxygen atoms in total. The molecule has 1 aliphatic rings. The Hall–Kier alpha value is -1.45. The van der Waals surface area contributed by atoms with Gasteiger partial charge in [-0.1, -0.05) is 40.9 Å². The Bertz CT molecular complexity index is 1320. The normalized spacial score (nSPS) is 18.7. The lowest BCUT2D eigenvalue weighted by Gasteiger charge is -2.36. The third-order valence-electron chi connectivity index (χ3n) is 5.48. The highest BCUT2D eigenvalue weighted by Crippen LogP contribution is 2.50. The van der Waals surface area contributed by atoms with Crippen molar-refractivity contribution in [1.29, 1.82) is 0 Å². The SMILES string of the molecule is Cc1ccc(S(=O)(=O)n2c3c(c4cc(Cl)c(Cl)cc42)CCC(F)(F)C3O[Si](C)(C)C)cc1. The van der Waals surface area contributed by atoms with Crippen molar-refractivity contribution in [3.8, 4) is 0 Å². The molecule has 0 radical (unpaired) electrons. The van der Waals surface area contributed by atoms with E-state index in [0.29, 0.717) is 10.9 Å². The maximum Gasteiger partial charge on any atom is 0.278 e. The van der Waals surface area contributed by atoms with Gasteiger partial charge in [0.05, 0.1) is 26.2 Å². The Kier molecular flexibility index (Phi) is 5.78. The Morgan fingerprint density at radius 1 is 1.09 bits per heavy atom. The van der Waals surface area contributed by atoms with Crippen LogP contribution in [0.4, 0.5) is 8.78 Å². The number of rotatable bonds is 4. The molecule has 0 saturated carbocycles. The Balaban J connectivity index is 2.11. The molecule has 0 aliphatic heterocycles. The minimum absolute atomic E-state index is 0.00122. The third-order valence-corrected chi connectivity index (χ3v) is 8.89. The van der Waals surface area contributed by atoms with Gasteiger partial charge in [-0.25, -0.2) is 21.2 Å². The van der Waals surface area contributed by atoms with Crippen LogP contribution in [0.1, 0.15) is 29.3 Å². The van der Waals surface area contributed by atoms with Crippen LogP contribution in [0.3, 0.4) is 0 Å². The first-order valence-electron chi connectivity index (χ1n) is 10.1. The van der Waals surface area contributed by atoms with Crippen LogP contribution in [-0.4, -0.2) is 26.6 Å². The number of benzene rings is 2. The minimum atomic E-state index is -4.23. The average Bonchev–Trinajstić information content (AvgIpc) is 2.98. The van der Waals surface area contributed by atoms with Crippen LogP contribution in [0.2, 0.25) is 29.7 Å². The monoisotopic (exact) mass is 517 g/mol. The molecule has 1 heterocycles. The topological polar surface area (TPSA) is 48.3 Å². The van der Waals surface area contributed by atoms with Gasteiger partial charge in [-0.15, -0.1) is 0 Å². The summed E-state index contributed by atoms with van der Waals surface area (Å²) in [6.45, 7) is 7.23. The number of fused-ring (bicyclic) bond motifs is 3. The Labute approximate surface area is 197 Å². The smallest absolute Gasteiger partial charge is 0.278 e. The predicted molar refractivity (Wildman–Crippen MR) is 126 cm³/mol. The van der Waals surface area contributed by atoms with Gasteiger partial charge in [0, 0.05) is 11.8 Å². The maximum absolute atomic E-state index is 15.2. The first-order chi connectivity index (χ1) is 14.7. The van der Waals surface area contributed by atoms with Crippen LogP contribution in [0.5, 0.6) is 0 Å². The van der Waals surface area contributed by atoms with Gasteiger partial charge in [-0.05, 0) is 62.8 Å². The average molecular weight is 518 g/mol. The van der Waals surface area contributed by atoms with E-state index in [9.17, 15) is 8.42 Å². The zero-order valence-electron chi connectivity index (χ0n) is 18.0. The molecule has 10 heteroatoms. The lowest BCUT2D eigenvalue weighted by Crippen LogP contribution is -2.41. The molecule has 0 saturated heterocycles. The van der Waals surface area contributed by atoms with Gasteiger partial charge in [0.15, 0.2) is 14.4 Å². The molecule has 0 bridgehead atoms. The van der Waals surface area contributed by atoms with E-state index in [-0.39, 0.29) is 32.6 Å². The molecule has 172 valence electrons. The van der Waals surface area contributed by atoms with E-state index >= 15 is 8.78 Å². The summed E-state index contributed by atoms with van der Waals surface area (Å²) in [6.07, 6.45) is -2.14. The standard InChI is InChI=1S/C22H23Cl2F2NO3SSi/c1-13-5-7-14(8-6-13)31(28,29)27-19-12-18(24)17(23)11-16(19)15-9-10-22(25,26)21(20(15)27)30-32(2,3)4/h5-8,11-12,21H,9-10H2,1-4H3. The number of alkyl halides is 2. The van der Waals surface area contributed by atoms with Crippen molar-refractivity contribution < 1.29 is 21.6 Å². The van der Waals surface area contributed by atoms with Crippen molar-refractivity contribution in [1.82, 2.24) is 3.97 Å². The number of halogens is 4. The molecular formula is C22H23Cl2F2NO3SSi. The summed E-state index contributed by atoms with van der Waals surface area (Å²) in [5, 5.41) is 0.861. The van der Waals surface area contributed by atoms with Crippen LogP contribution >= 0.6 is 23.2 Å². The summed E-state index contributed by atoms with van der Waals surface area (Å²) in [5.41, 5.74) is 1.55. The number of aromatic nitrogens is 1. The molecule has 0 amide bonds. The first-order valence-corrected chi connectivity index (χ1v) is 15.7. The lowest BCUT2D eigenvalue weighted by atomic mass is 9.90. The van der Waals surface area contributed by atoms with Gasteiger partial charge in [-0.2, -0.15) is 0 Å². The van der Waals surface area contributed by atoms with Crippen molar-refractivity contribution in [3.05, 3.63) is 63.3 Å². The predicted octanol–water partition coefficient (Wildman–Crippen LogP) is 6.97. The molecule has 0 fully saturated rings. The Morgan fingerprint density at radius 2 is 1.69 bits per heavy atom. The summed E-state index contributed by atoms with van der Waals surface area (Å²) in [7, 11) is -6.71. The summed E-state index contributed by atoms with van der Waals surface area (Å²) in [5.74, 6) is -3.23. The summed E-state index contributed by atoms with van der Waals surface area (Å²) < 4.78 is 65.0. The molecule has 1 aromatic heterocycles. The van der Waals surface area contributed by atoms with Crippen molar-refractivity contribution in [2.75, 3.05) is 0 Å². The number of hydrogen-bond donors (Lipinski definition) is 0. The summed E-state index contributed by atoms with van der Waals surface area (Å²) in [6, 6.07) is 9.24. The molecule has 1 aliphatic carbocycles. The lowest BCUT2D eigenvalue weighted by molar-refractivity contribution is -0.115. The summed E-state index contributed by atoms with van der Waals surface area (Å²) in [4.78, 5) is -0.00508. The fraction of sp³-hybridized carbons (Fsp3) is 0.364.